The number of piperazine rings is 3. The fourth-order valence-corrected chi connectivity index (χ4v) is 17.5. The van der Waals surface area contributed by atoms with Crippen LogP contribution in [0.2, 0.25) is 0 Å². The monoisotopic (exact) mass is 1340 g/mol. The van der Waals surface area contributed by atoms with Crippen molar-refractivity contribution in [2.75, 3.05) is 184 Å². The molecule has 1 aromatic heterocycles. The summed E-state index contributed by atoms with van der Waals surface area (Å²) in [6, 6.07) is 8.62. The van der Waals surface area contributed by atoms with Crippen LogP contribution in [-0.4, -0.2) is 338 Å². The van der Waals surface area contributed by atoms with Crippen LogP contribution in [0.15, 0.2) is 12.4 Å². The summed E-state index contributed by atoms with van der Waals surface area (Å²) in [5.41, 5.74) is 0. The Labute approximate surface area is 581 Å². The molecule has 11 atom stereocenters. The number of rotatable bonds is 8. The molecule has 19 heteroatoms. The number of nitrogens with zero attached hydrogens (tertiary/aromatic N) is 13. The van der Waals surface area contributed by atoms with Gasteiger partial charge in [0.05, 0.1) is 51.4 Å². The maximum absolute atomic E-state index is 5.70. The summed E-state index contributed by atoms with van der Waals surface area (Å²) in [6.07, 6.45) is 16.4. The van der Waals surface area contributed by atoms with E-state index in [1.165, 1.54) is 182 Å². The van der Waals surface area contributed by atoms with Crippen molar-refractivity contribution in [3.63, 3.8) is 0 Å². The van der Waals surface area contributed by atoms with Crippen LogP contribution in [0, 0.1) is 23.7 Å². The van der Waals surface area contributed by atoms with Gasteiger partial charge in [-0.25, -0.2) is 4.98 Å². The van der Waals surface area contributed by atoms with Crippen molar-refractivity contribution in [1.29, 1.82) is 0 Å². The van der Waals surface area contributed by atoms with E-state index in [0.717, 1.165) is 120 Å². The zero-order valence-electron chi connectivity index (χ0n) is 63.8. The molecule has 14 fully saturated rings. The Morgan fingerprint density at radius 1 is 0.368 bits per heavy atom. The lowest BCUT2D eigenvalue weighted by molar-refractivity contribution is -0.0501. The van der Waals surface area contributed by atoms with E-state index in [9.17, 15) is 0 Å². The van der Waals surface area contributed by atoms with Crippen molar-refractivity contribution in [3.05, 3.63) is 18.2 Å². The second-order valence-corrected chi connectivity index (χ2v) is 33.3. The Morgan fingerprint density at radius 2 is 0.842 bits per heavy atom. The SMILES string of the molecule is CC(C)N1CC2CCNC2C1.CC(C)N1CC2CCOC2C1.CC(C)N1CCC2CCOC2C1.CC(C)N1CCC2OCCC2C1.CC(C)N1CCN2CCCC2C1.CC(C)N1CCN2CCOCC2C1.CC(C)N1CCN2COCC2C1.CC(C)N1CCn2ccnc2C1. The molecule has 0 bridgehead atoms. The summed E-state index contributed by atoms with van der Waals surface area (Å²) in [5.74, 6) is 4.71. The first-order valence-corrected chi connectivity index (χ1v) is 39.6. The molecule has 15 aliphatic rings. The van der Waals surface area contributed by atoms with Gasteiger partial charge in [-0.15, -0.1) is 0 Å². The van der Waals surface area contributed by atoms with Crippen molar-refractivity contribution in [2.45, 2.75) is 266 Å². The minimum Gasteiger partial charge on any atom is -0.378 e. The standard InChI is InChI=1S/C10H20N2O.C10H20N2.2C10H19NO.C9H15N3.C9H18N2O.C9H18N2.C9H17NO/c1-9(2)12-4-3-11-5-6-13-8-10(11)7-12;1-9(2)12-7-6-11-5-3-4-10(11)8-12;1-8(2)11-5-3-10-9(7-11)4-6-12-10;1-8(2)11-5-3-9-4-6-12-10(9)7-11;1-8(2)12-6-5-11-4-3-10-9(11)7-12;1-8(2)10-3-4-11-7-12-6-9(11)5-10;1-7(2)11-5-8-3-4-10-9(8)6-11;1-7(2)10-5-8-3-4-11-9(8)6-10/h9-10H,3-8H2,1-2H3;9-10H,3-8H2,1-2H3;2*8-10H,3-7H2,1-2H3;3-4,8H,5-7H2,1-2H3;8-9H,3-7H2,1-2H3;7-10H,3-6H2,1-2H3;7-9H,3-6H2,1-2H3. The number of nitrogens with one attached hydrogen (secondary N) is 1. The zero-order chi connectivity index (χ0) is 67.7. The topological polar surface area (TPSA) is 112 Å². The molecular formula is C76H146N14O5. The first-order chi connectivity index (χ1) is 45.7. The summed E-state index contributed by atoms with van der Waals surface area (Å²) >= 11 is 0. The maximum atomic E-state index is 5.70. The summed E-state index contributed by atoms with van der Waals surface area (Å²) in [6.45, 7) is 71.2. The molecule has 0 spiro atoms. The van der Waals surface area contributed by atoms with Crippen molar-refractivity contribution in [3.8, 4) is 0 Å². The zero-order valence-corrected chi connectivity index (χ0v) is 63.8. The van der Waals surface area contributed by atoms with E-state index in [-0.39, 0.29) is 0 Å². The largest absolute Gasteiger partial charge is 0.378 e. The molecule has 16 heterocycles. The molecule has 0 amide bonds. The van der Waals surface area contributed by atoms with Crippen LogP contribution in [0.3, 0.4) is 0 Å². The molecule has 1 N–H and O–H groups in total. The molecule has 14 saturated heterocycles. The minimum absolute atomic E-state index is 0.557. The molecule has 0 aliphatic carbocycles. The van der Waals surface area contributed by atoms with Gasteiger partial charge in [-0.2, -0.15) is 0 Å². The van der Waals surface area contributed by atoms with E-state index in [2.05, 4.69) is 186 Å². The number of fused-ring (bicyclic) bond motifs is 8. The smallest absolute Gasteiger partial charge is 0.122 e. The molecule has 11 unspecified atom stereocenters. The Bertz CT molecular complexity index is 2080. The second kappa shape index (κ2) is 38.7. The molecule has 0 saturated carbocycles. The molecule has 550 valence electrons. The molecule has 19 nitrogen and oxygen atoms in total. The molecule has 1 aromatic rings. The molecule has 0 radical (unpaired) electrons. The first kappa shape index (κ1) is 77.7. The highest BCUT2D eigenvalue weighted by Crippen LogP contribution is 2.33. The third-order valence-electron chi connectivity index (χ3n) is 24.6. The van der Waals surface area contributed by atoms with Crippen LogP contribution < -0.4 is 5.32 Å². The van der Waals surface area contributed by atoms with Gasteiger partial charge in [0.15, 0.2) is 0 Å². The van der Waals surface area contributed by atoms with Crippen molar-refractivity contribution in [2.24, 2.45) is 23.7 Å². The maximum Gasteiger partial charge on any atom is 0.122 e. The summed E-state index contributed by atoms with van der Waals surface area (Å²) in [5, 5.41) is 3.56. The van der Waals surface area contributed by atoms with Crippen LogP contribution in [-0.2, 0) is 36.8 Å². The van der Waals surface area contributed by atoms with E-state index < -0.39 is 0 Å². The lowest BCUT2D eigenvalue weighted by Crippen LogP contribution is -2.59. The molecule has 95 heavy (non-hydrogen) atoms. The van der Waals surface area contributed by atoms with Gasteiger partial charge in [0.25, 0.3) is 0 Å². The predicted molar refractivity (Wildman–Crippen MR) is 389 cm³/mol. The Hall–Kier alpha value is -1.47. The Kier molecular flexibility index (Phi) is 31.6. The van der Waals surface area contributed by atoms with E-state index in [0.29, 0.717) is 66.6 Å². The quantitative estimate of drug-likeness (QED) is 0.272. The number of hydrogen-bond acceptors (Lipinski definition) is 18. The average molecular weight is 1340 g/mol. The molecule has 15 aliphatic heterocycles. The van der Waals surface area contributed by atoms with Gasteiger partial charge < -0.3 is 38.5 Å². The number of likely N-dealkylation sites (tertiary alicyclic amines) is 4. The fraction of sp³-hybridized carbons (Fsp3) is 0.961. The van der Waals surface area contributed by atoms with E-state index in [1.807, 2.05) is 6.20 Å². The number of imidazole rings is 1. The fourth-order valence-electron chi connectivity index (χ4n) is 17.5. The lowest BCUT2D eigenvalue weighted by atomic mass is 9.93. The summed E-state index contributed by atoms with van der Waals surface area (Å²) < 4.78 is 30.1. The molecule has 0 aromatic carbocycles. The van der Waals surface area contributed by atoms with Gasteiger partial charge in [-0.1, -0.05) is 0 Å². The van der Waals surface area contributed by atoms with Gasteiger partial charge in [0, 0.05) is 241 Å². The van der Waals surface area contributed by atoms with Gasteiger partial charge in [0.1, 0.15) is 5.82 Å². The first-order valence-electron chi connectivity index (χ1n) is 39.6. The third kappa shape index (κ3) is 23.0. The van der Waals surface area contributed by atoms with Gasteiger partial charge >= 0.3 is 0 Å². The lowest BCUT2D eigenvalue weighted by Gasteiger charge is -2.45. The Morgan fingerprint density at radius 3 is 1.46 bits per heavy atom. The van der Waals surface area contributed by atoms with Gasteiger partial charge in [-0.3, -0.25) is 49.0 Å². The highest BCUT2D eigenvalue weighted by Gasteiger charge is 2.40. The number of hydrogen-bond donors (Lipinski definition) is 1. The minimum atomic E-state index is 0.557. The number of aromatic nitrogens is 2. The summed E-state index contributed by atoms with van der Waals surface area (Å²) in [4.78, 5) is 32.4. The highest BCUT2D eigenvalue weighted by molar-refractivity contribution is 4.98. The summed E-state index contributed by atoms with van der Waals surface area (Å²) in [7, 11) is 0. The molecular weight excluding hydrogens is 1190 g/mol. The number of piperidine rings is 2. The van der Waals surface area contributed by atoms with Gasteiger partial charge in [0.2, 0.25) is 0 Å². The third-order valence-corrected chi connectivity index (χ3v) is 24.6. The highest BCUT2D eigenvalue weighted by atomic mass is 16.5. The van der Waals surface area contributed by atoms with Crippen LogP contribution in [0.5, 0.6) is 0 Å². The number of morpholine rings is 1. The molecule has 16 rings (SSSR count). The van der Waals surface area contributed by atoms with Crippen LogP contribution >= 0.6 is 0 Å². The van der Waals surface area contributed by atoms with E-state index in [4.69, 9.17) is 23.7 Å². The van der Waals surface area contributed by atoms with Crippen LogP contribution in [0.1, 0.15) is 168 Å². The Balaban J connectivity index is 0.000000128. The van der Waals surface area contributed by atoms with Crippen LogP contribution in [0.4, 0.5) is 0 Å². The van der Waals surface area contributed by atoms with E-state index >= 15 is 0 Å². The van der Waals surface area contributed by atoms with E-state index in [1.54, 1.807) is 0 Å². The average Bonchev–Trinajstić information content (AvgIpc) is 2.16. The second-order valence-electron chi connectivity index (χ2n) is 33.3. The van der Waals surface area contributed by atoms with Crippen molar-refractivity contribution >= 4 is 0 Å². The predicted octanol–water partition coefficient (Wildman–Crippen LogP) is 7.88. The van der Waals surface area contributed by atoms with Gasteiger partial charge in [-0.05, 0) is 194 Å². The van der Waals surface area contributed by atoms with Crippen molar-refractivity contribution in [1.82, 2.24) is 68.8 Å². The normalized spacial score (nSPS) is 33.3. The van der Waals surface area contributed by atoms with Crippen LogP contribution in [0.25, 0.3) is 0 Å². The van der Waals surface area contributed by atoms with Crippen molar-refractivity contribution < 1.29 is 23.7 Å². The number of ether oxygens (including phenoxy) is 5.